The summed E-state index contributed by atoms with van der Waals surface area (Å²) in [5.74, 6) is -0.403. The third-order valence-electron chi connectivity index (χ3n) is 5.07. The standard InChI is InChI=1S/C18H21N3O3S2/c1-13-16-11-15(4-5-17(16)19-18(13)22)26(23,24)21-8-6-20(7-9-21)12-14-3-2-10-25-14/h2-5,10-11,13H,6-9,12H2,1H3,(H,19,22)/t13-/m0/s1. The van der Waals surface area contributed by atoms with Gasteiger partial charge in [-0.3, -0.25) is 9.69 Å². The van der Waals surface area contributed by atoms with Crippen LogP contribution in [0, 0.1) is 0 Å². The van der Waals surface area contributed by atoms with Crippen molar-refractivity contribution in [3.05, 3.63) is 46.2 Å². The smallest absolute Gasteiger partial charge is 0.243 e. The molecule has 0 bridgehead atoms. The van der Waals surface area contributed by atoms with Crippen LogP contribution >= 0.6 is 11.3 Å². The Morgan fingerprint density at radius 2 is 1.96 bits per heavy atom. The van der Waals surface area contributed by atoms with Crippen molar-refractivity contribution in [2.75, 3.05) is 31.5 Å². The molecule has 26 heavy (non-hydrogen) atoms. The lowest BCUT2D eigenvalue weighted by atomic mass is 10.0. The van der Waals surface area contributed by atoms with Gasteiger partial charge in [-0.15, -0.1) is 11.3 Å². The molecule has 1 fully saturated rings. The zero-order chi connectivity index (χ0) is 18.3. The Hall–Kier alpha value is -1.74. The first-order valence-corrected chi connectivity index (χ1v) is 11.0. The highest BCUT2D eigenvalue weighted by molar-refractivity contribution is 7.89. The Kier molecular flexibility index (Phi) is 4.60. The van der Waals surface area contributed by atoms with Crippen LogP contribution in [0.1, 0.15) is 23.3 Å². The molecule has 0 aliphatic carbocycles. The van der Waals surface area contributed by atoms with Gasteiger partial charge in [0.1, 0.15) is 0 Å². The van der Waals surface area contributed by atoms with Crippen LogP contribution in [0.15, 0.2) is 40.6 Å². The molecule has 2 aliphatic heterocycles. The van der Waals surface area contributed by atoms with E-state index in [1.165, 1.54) is 4.88 Å². The molecule has 8 heteroatoms. The lowest BCUT2D eigenvalue weighted by Gasteiger charge is -2.33. The van der Waals surface area contributed by atoms with E-state index in [-0.39, 0.29) is 16.7 Å². The van der Waals surface area contributed by atoms with Crippen LogP contribution in [0.4, 0.5) is 5.69 Å². The number of anilines is 1. The van der Waals surface area contributed by atoms with Crippen LogP contribution in [-0.4, -0.2) is 49.7 Å². The van der Waals surface area contributed by atoms with E-state index in [9.17, 15) is 13.2 Å². The third kappa shape index (κ3) is 3.18. The number of nitrogens with zero attached hydrogens (tertiary/aromatic N) is 2. The molecule has 1 N–H and O–H groups in total. The maximum Gasteiger partial charge on any atom is 0.243 e. The fraction of sp³-hybridized carbons (Fsp3) is 0.389. The fourth-order valence-electron chi connectivity index (χ4n) is 3.46. The highest BCUT2D eigenvalue weighted by Gasteiger charge is 2.32. The summed E-state index contributed by atoms with van der Waals surface area (Å²) in [6.45, 7) is 5.07. The van der Waals surface area contributed by atoms with Gasteiger partial charge in [0.15, 0.2) is 0 Å². The van der Waals surface area contributed by atoms with E-state index in [4.69, 9.17) is 0 Å². The van der Waals surface area contributed by atoms with Crippen LogP contribution < -0.4 is 5.32 Å². The monoisotopic (exact) mass is 391 g/mol. The van der Waals surface area contributed by atoms with Gasteiger partial charge < -0.3 is 5.32 Å². The van der Waals surface area contributed by atoms with Gasteiger partial charge in [-0.25, -0.2) is 8.42 Å². The topological polar surface area (TPSA) is 69.7 Å². The molecular formula is C18H21N3O3S2. The third-order valence-corrected chi connectivity index (χ3v) is 7.83. The molecule has 0 radical (unpaired) electrons. The molecular weight excluding hydrogens is 370 g/mol. The van der Waals surface area contributed by atoms with Gasteiger partial charge >= 0.3 is 0 Å². The first-order chi connectivity index (χ1) is 12.4. The Balaban J connectivity index is 1.47. The number of fused-ring (bicyclic) bond motifs is 1. The van der Waals surface area contributed by atoms with E-state index >= 15 is 0 Å². The van der Waals surface area contributed by atoms with Crippen molar-refractivity contribution in [1.29, 1.82) is 0 Å². The van der Waals surface area contributed by atoms with Crippen molar-refractivity contribution in [3.8, 4) is 0 Å². The van der Waals surface area contributed by atoms with Gasteiger partial charge in [-0.2, -0.15) is 4.31 Å². The quantitative estimate of drug-likeness (QED) is 0.868. The van der Waals surface area contributed by atoms with Crippen LogP contribution in [-0.2, 0) is 21.4 Å². The van der Waals surface area contributed by atoms with Gasteiger partial charge in [-0.05, 0) is 42.1 Å². The summed E-state index contributed by atoms with van der Waals surface area (Å²) in [5, 5.41) is 4.84. The maximum absolute atomic E-state index is 13.0. The normalized spacial score (nSPS) is 21.6. The molecule has 1 saturated heterocycles. The predicted molar refractivity (Wildman–Crippen MR) is 102 cm³/mol. The molecule has 2 aromatic rings. The number of benzene rings is 1. The minimum absolute atomic E-state index is 0.0864. The number of hydrogen-bond acceptors (Lipinski definition) is 5. The molecule has 1 atom stereocenters. The largest absolute Gasteiger partial charge is 0.325 e. The second-order valence-corrected chi connectivity index (χ2v) is 9.69. The minimum Gasteiger partial charge on any atom is -0.325 e. The van der Waals surface area contributed by atoms with Gasteiger partial charge in [0.05, 0.1) is 10.8 Å². The Morgan fingerprint density at radius 3 is 2.65 bits per heavy atom. The van der Waals surface area contributed by atoms with Crippen molar-refractivity contribution in [1.82, 2.24) is 9.21 Å². The molecule has 138 valence electrons. The lowest BCUT2D eigenvalue weighted by molar-refractivity contribution is -0.116. The average molecular weight is 392 g/mol. The van der Waals surface area contributed by atoms with E-state index in [0.29, 0.717) is 18.8 Å². The number of amides is 1. The number of hydrogen-bond donors (Lipinski definition) is 1. The number of thiophene rings is 1. The summed E-state index contributed by atoms with van der Waals surface area (Å²) in [6, 6.07) is 9.07. The van der Waals surface area contributed by atoms with Crippen molar-refractivity contribution < 1.29 is 13.2 Å². The molecule has 4 rings (SSSR count). The molecule has 1 aromatic heterocycles. The number of rotatable bonds is 4. The van der Waals surface area contributed by atoms with Crippen LogP contribution in [0.25, 0.3) is 0 Å². The van der Waals surface area contributed by atoms with Gasteiger partial charge in [0, 0.05) is 43.3 Å². The summed E-state index contributed by atoms with van der Waals surface area (Å²) in [7, 11) is -3.54. The molecule has 0 unspecified atom stereocenters. The second kappa shape index (κ2) is 6.77. The van der Waals surface area contributed by atoms with Crippen LogP contribution in [0.2, 0.25) is 0 Å². The number of piperazine rings is 1. The van der Waals surface area contributed by atoms with E-state index in [1.54, 1.807) is 40.8 Å². The summed E-state index contributed by atoms with van der Waals surface area (Å²) in [6.07, 6.45) is 0. The van der Waals surface area contributed by atoms with Crippen molar-refractivity contribution in [2.45, 2.75) is 24.3 Å². The van der Waals surface area contributed by atoms with E-state index in [1.807, 2.05) is 6.07 Å². The van der Waals surface area contributed by atoms with Crippen molar-refractivity contribution >= 4 is 33.0 Å². The predicted octanol–water partition coefficient (Wildman–Crippen LogP) is 2.31. The Bertz CT molecular complexity index is 917. The number of sulfonamides is 1. The highest BCUT2D eigenvalue weighted by atomic mass is 32.2. The molecule has 1 amide bonds. The summed E-state index contributed by atoms with van der Waals surface area (Å²) < 4.78 is 27.6. The fourth-order valence-corrected chi connectivity index (χ4v) is 5.66. The molecule has 0 saturated carbocycles. The average Bonchev–Trinajstić information content (AvgIpc) is 3.24. The van der Waals surface area contributed by atoms with Crippen LogP contribution in [0.3, 0.4) is 0 Å². The summed E-state index contributed by atoms with van der Waals surface area (Å²) in [4.78, 5) is 15.6. The van der Waals surface area contributed by atoms with E-state index in [0.717, 1.165) is 25.2 Å². The van der Waals surface area contributed by atoms with Gasteiger partial charge in [0.2, 0.25) is 15.9 Å². The first-order valence-electron chi connectivity index (χ1n) is 8.65. The number of nitrogens with one attached hydrogen (secondary N) is 1. The number of carbonyl (C=O) groups is 1. The summed E-state index contributed by atoms with van der Waals surface area (Å²) in [5.41, 5.74) is 1.47. The number of carbonyl (C=O) groups excluding carboxylic acids is 1. The zero-order valence-electron chi connectivity index (χ0n) is 14.5. The summed E-state index contributed by atoms with van der Waals surface area (Å²) >= 11 is 1.72. The van der Waals surface area contributed by atoms with Crippen molar-refractivity contribution in [3.63, 3.8) is 0 Å². The van der Waals surface area contributed by atoms with E-state index in [2.05, 4.69) is 21.7 Å². The van der Waals surface area contributed by atoms with Crippen molar-refractivity contribution in [2.24, 2.45) is 0 Å². The van der Waals surface area contributed by atoms with E-state index < -0.39 is 10.0 Å². The molecule has 1 aromatic carbocycles. The minimum atomic E-state index is -3.54. The molecule has 6 nitrogen and oxygen atoms in total. The van der Waals surface area contributed by atoms with Gasteiger partial charge in [-0.1, -0.05) is 6.07 Å². The SMILES string of the molecule is C[C@@H]1C(=O)Nc2ccc(S(=O)(=O)N3CCN(Cc4cccs4)CC3)cc21. The lowest BCUT2D eigenvalue weighted by Crippen LogP contribution is -2.48. The first kappa shape index (κ1) is 17.7. The molecule has 0 spiro atoms. The molecule has 2 aliphatic rings. The highest BCUT2D eigenvalue weighted by Crippen LogP contribution is 2.34. The second-order valence-electron chi connectivity index (χ2n) is 6.72. The van der Waals surface area contributed by atoms with Gasteiger partial charge in [0.25, 0.3) is 0 Å². The maximum atomic E-state index is 13.0. The van der Waals surface area contributed by atoms with Crippen LogP contribution in [0.5, 0.6) is 0 Å². The zero-order valence-corrected chi connectivity index (χ0v) is 16.1. The molecule has 3 heterocycles. The Labute approximate surface area is 157 Å². The Morgan fingerprint density at radius 1 is 1.19 bits per heavy atom.